The van der Waals surface area contributed by atoms with E-state index in [4.69, 9.17) is 0 Å². The molecule has 0 bridgehead atoms. The summed E-state index contributed by atoms with van der Waals surface area (Å²) < 4.78 is 0. The Kier molecular flexibility index (Phi) is 7.75. The quantitative estimate of drug-likeness (QED) is 0.275. The zero-order valence-electron chi connectivity index (χ0n) is 35.0. The van der Waals surface area contributed by atoms with Crippen LogP contribution in [-0.2, 0) is 0 Å². The van der Waals surface area contributed by atoms with Gasteiger partial charge in [-0.1, -0.05) is 75.2 Å². The van der Waals surface area contributed by atoms with Gasteiger partial charge in [0.15, 0.2) is 0 Å². The van der Waals surface area contributed by atoms with Crippen LogP contribution >= 0.6 is 0 Å². The number of fused-ring (bicyclic) bond motifs is 11. The monoisotopic (exact) mass is 695 g/mol. The molecule has 0 radical (unpaired) electrons. The number of rotatable bonds is 4. The molecule has 24 unspecified atom stereocenters. The van der Waals surface area contributed by atoms with E-state index in [9.17, 15) is 0 Å². The summed E-state index contributed by atoms with van der Waals surface area (Å²) in [5, 5.41) is 0. The van der Waals surface area contributed by atoms with Crippen LogP contribution < -0.4 is 0 Å². The van der Waals surface area contributed by atoms with E-state index in [-0.39, 0.29) is 0 Å². The van der Waals surface area contributed by atoms with Crippen molar-refractivity contribution >= 4 is 0 Å². The Balaban J connectivity index is 1.12. The summed E-state index contributed by atoms with van der Waals surface area (Å²) in [4.78, 5) is 0. The molecule has 1 spiro atoms. The Labute approximate surface area is 316 Å². The van der Waals surface area contributed by atoms with E-state index < -0.39 is 0 Å². The molecule has 0 aromatic heterocycles. The second kappa shape index (κ2) is 11.5. The normalized spacial score (nSPS) is 63.1. The molecule has 24 atom stereocenters. The Morgan fingerprint density at radius 2 is 1.22 bits per heavy atom. The second-order valence-electron chi connectivity index (χ2n) is 24.7. The van der Waals surface area contributed by atoms with Crippen LogP contribution in [-0.4, -0.2) is 0 Å². The zero-order chi connectivity index (χ0) is 35.0. The maximum atomic E-state index is 2.77. The summed E-state index contributed by atoms with van der Waals surface area (Å²) >= 11 is 0. The first-order valence-electron chi connectivity index (χ1n) is 24.5. The van der Waals surface area contributed by atoms with E-state index in [0.717, 1.165) is 153 Å². The smallest absolute Gasteiger partial charge is 0.0165 e. The van der Waals surface area contributed by atoms with Crippen LogP contribution in [0.25, 0.3) is 0 Å². The van der Waals surface area contributed by atoms with Crippen molar-refractivity contribution in [1.82, 2.24) is 0 Å². The van der Waals surface area contributed by atoms with Gasteiger partial charge in [-0.2, -0.15) is 0 Å². The summed E-state index contributed by atoms with van der Waals surface area (Å²) in [6.07, 6.45) is 24.4. The van der Waals surface area contributed by atoms with Crippen LogP contribution in [0.5, 0.6) is 0 Å². The van der Waals surface area contributed by atoms with Crippen molar-refractivity contribution in [2.24, 2.45) is 159 Å². The molecule has 0 amide bonds. The first-order chi connectivity index (χ1) is 24.5. The van der Waals surface area contributed by atoms with E-state index >= 15 is 0 Å². The summed E-state index contributed by atoms with van der Waals surface area (Å²) in [5.74, 6) is 26.5. The third-order valence-corrected chi connectivity index (χ3v) is 23.4. The largest absolute Gasteiger partial charge is 0.0651 e. The third-order valence-electron chi connectivity index (χ3n) is 23.4. The molecular formula is C51H82. The van der Waals surface area contributed by atoms with Gasteiger partial charge in [0, 0.05) is 0 Å². The lowest BCUT2D eigenvalue weighted by Crippen LogP contribution is -2.70. The van der Waals surface area contributed by atoms with E-state index in [2.05, 4.69) is 62.3 Å². The highest BCUT2D eigenvalue weighted by molar-refractivity contribution is 5.32. The van der Waals surface area contributed by atoms with Crippen LogP contribution in [0.15, 0.2) is 0 Å². The molecule has 11 saturated carbocycles. The van der Waals surface area contributed by atoms with Crippen LogP contribution in [0.2, 0.25) is 0 Å². The minimum atomic E-state index is 0.694. The van der Waals surface area contributed by atoms with E-state index in [1.165, 1.54) is 6.42 Å². The van der Waals surface area contributed by atoms with Gasteiger partial charge in [0.25, 0.3) is 0 Å². The third kappa shape index (κ3) is 4.08. The van der Waals surface area contributed by atoms with Crippen molar-refractivity contribution in [3.63, 3.8) is 0 Å². The van der Waals surface area contributed by atoms with Crippen LogP contribution in [0.3, 0.4) is 0 Å². The second-order valence-corrected chi connectivity index (χ2v) is 24.7. The molecule has 0 heterocycles. The molecule has 51 heavy (non-hydrogen) atoms. The maximum Gasteiger partial charge on any atom is -0.0165 e. The summed E-state index contributed by atoms with van der Waals surface area (Å²) in [7, 11) is 0. The van der Waals surface area contributed by atoms with Gasteiger partial charge in [-0.05, 0) is 242 Å². The zero-order valence-corrected chi connectivity index (χ0v) is 35.0. The maximum absolute atomic E-state index is 2.77. The number of hydrogen-bond donors (Lipinski definition) is 0. The summed E-state index contributed by atoms with van der Waals surface area (Å²) in [6.45, 7) is 24.0. The predicted octanol–water partition coefficient (Wildman–Crippen LogP) is 13.5. The molecule has 0 aromatic carbocycles. The van der Waals surface area contributed by atoms with Gasteiger partial charge in [0.1, 0.15) is 0 Å². The highest BCUT2D eigenvalue weighted by Gasteiger charge is 2.84. The topological polar surface area (TPSA) is 0 Å². The van der Waals surface area contributed by atoms with E-state index in [1.807, 2.05) is 0 Å². The first kappa shape index (κ1) is 34.3. The standard InChI is InChI=1S/C51H82/c1-10-30-18-33-21-34-20-32(26(4)5)23-40-44-36-15-14-31(25(2)3)22-37(36)35-12-11-13-42(45(35)44)51(47(34)40)46(33)38(19-30)41-24-50(27(6)7)43-17-29(9)28(8)16-39(43)48(50)49(41)51/h25-49H,10-24H2,1-9H3. The van der Waals surface area contributed by atoms with Gasteiger partial charge in [-0.15, -0.1) is 0 Å². The molecule has 286 valence electrons. The molecule has 0 aromatic rings. The lowest BCUT2D eigenvalue weighted by atomic mass is 9.30. The molecule has 0 nitrogen and oxygen atoms in total. The lowest BCUT2D eigenvalue weighted by molar-refractivity contribution is -0.274. The van der Waals surface area contributed by atoms with E-state index in [0.29, 0.717) is 5.41 Å². The molecule has 11 aliphatic rings. The first-order valence-corrected chi connectivity index (χ1v) is 24.5. The van der Waals surface area contributed by atoms with Crippen LogP contribution in [0, 0.1) is 159 Å². The average molecular weight is 695 g/mol. The van der Waals surface area contributed by atoms with Gasteiger partial charge in [0.2, 0.25) is 0 Å². The molecule has 0 aliphatic heterocycles. The molecule has 0 saturated heterocycles. The van der Waals surface area contributed by atoms with Gasteiger partial charge < -0.3 is 0 Å². The van der Waals surface area contributed by atoms with Crippen molar-refractivity contribution in [2.45, 2.75) is 159 Å². The Bertz CT molecular complexity index is 1360. The minimum Gasteiger partial charge on any atom is -0.0651 e. The fraction of sp³-hybridized carbons (Fsp3) is 1.00. The van der Waals surface area contributed by atoms with Crippen LogP contribution in [0.4, 0.5) is 0 Å². The van der Waals surface area contributed by atoms with Crippen LogP contribution in [0.1, 0.15) is 159 Å². The predicted molar refractivity (Wildman–Crippen MR) is 212 cm³/mol. The van der Waals surface area contributed by atoms with Gasteiger partial charge in [-0.3, -0.25) is 0 Å². The molecule has 0 heteroatoms. The van der Waals surface area contributed by atoms with Gasteiger partial charge in [0.05, 0.1) is 0 Å². The molecular weight excluding hydrogens is 613 g/mol. The fourth-order valence-corrected chi connectivity index (χ4v) is 22.2. The van der Waals surface area contributed by atoms with Gasteiger partial charge in [-0.25, -0.2) is 0 Å². The highest BCUT2D eigenvalue weighted by Crippen LogP contribution is 2.89. The molecule has 11 fully saturated rings. The van der Waals surface area contributed by atoms with Gasteiger partial charge >= 0.3 is 0 Å². The highest BCUT2D eigenvalue weighted by atomic mass is 14.9. The Morgan fingerprint density at radius 3 is 1.96 bits per heavy atom. The molecule has 11 aliphatic carbocycles. The Morgan fingerprint density at radius 1 is 0.510 bits per heavy atom. The van der Waals surface area contributed by atoms with E-state index in [1.54, 1.807) is 89.9 Å². The molecule has 11 rings (SSSR count). The van der Waals surface area contributed by atoms with Crippen molar-refractivity contribution < 1.29 is 0 Å². The summed E-state index contributed by atoms with van der Waals surface area (Å²) in [6, 6.07) is 0. The molecule has 0 N–H and O–H groups in total. The minimum absolute atomic E-state index is 0.694. The lowest BCUT2D eigenvalue weighted by Gasteiger charge is -2.75. The number of hydrogen-bond acceptors (Lipinski definition) is 0. The van der Waals surface area contributed by atoms with Crippen molar-refractivity contribution in [3.8, 4) is 0 Å². The van der Waals surface area contributed by atoms with Crippen molar-refractivity contribution in [2.75, 3.05) is 0 Å². The van der Waals surface area contributed by atoms with Crippen molar-refractivity contribution in [3.05, 3.63) is 0 Å². The average Bonchev–Trinajstić information content (AvgIpc) is 3.71. The fourth-order valence-electron chi connectivity index (χ4n) is 22.2. The Hall–Kier alpha value is 0. The van der Waals surface area contributed by atoms with Crippen molar-refractivity contribution in [1.29, 1.82) is 0 Å². The summed E-state index contributed by atoms with van der Waals surface area (Å²) in [5.41, 5.74) is 1.43. The SMILES string of the molecule is CCC1CC2CC3CC(C(C)C)CC4C5C6CCC(C(C)C)CC6C6CCCC(C65)C5(C2C(C1)C1CC2(C(C)C)C6CC(C)C(C)CC6C2C15)C34.